The average Bonchev–Trinajstić information content (AvgIpc) is 2.19. The molecule has 0 atom stereocenters. The fraction of sp³-hybridized carbons (Fsp3) is 0.273. The van der Waals surface area contributed by atoms with Crippen LogP contribution in [0.1, 0.15) is 5.56 Å². The van der Waals surface area contributed by atoms with Crippen LogP contribution in [0.4, 0.5) is 0 Å². The van der Waals surface area contributed by atoms with Crippen molar-refractivity contribution in [3.05, 3.63) is 40.6 Å². The van der Waals surface area contributed by atoms with Crippen molar-refractivity contribution in [2.24, 2.45) is 0 Å². The van der Waals surface area contributed by atoms with E-state index in [1.807, 2.05) is 25.1 Å². The quantitative estimate of drug-likeness (QED) is 0.770. The summed E-state index contributed by atoms with van der Waals surface area (Å²) in [6, 6.07) is 5.90. The van der Waals surface area contributed by atoms with Gasteiger partial charge in [-0.15, -0.1) is 0 Å². The molecule has 14 heavy (non-hydrogen) atoms. The molecule has 0 N–H and O–H groups in total. The lowest BCUT2D eigenvalue weighted by Crippen LogP contribution is -2.02. The molecule has 2 nitrogen and oxygen atoms in total. The zero-order chi connectivity index (χ0) is 10.6. The summed E-state index contributed by atoms with van der Waals surface area (Å²) in [5.41, 5.74) is 1.09. The van der Waals surface area contributed by atoms with E-state index in [-0.39, 0.29) is 0 Å². The standard InChI is InChI=1S/C11H13BrO2/c1-8-4-5-10(12)6-11(8)14-7-9(2)13-3/h4-6H,2,7H2,1,3H3. The molecule has 0 aromatic heterocycles. The van der Waals surface area contributed by atoms with Crippen LogP contribution in [-0.4, -0.2) is 13.7 Å². The first-order chi connectivity index (χ1) is 6.63. The summed E-state index contributed by atoms with van der Waals surface area (Å²) in [5, 5.41) is 0. The van der Waals surface area contributed by atoms with Crippen molar-refractivity contribution in [1.82, 2.24) is 0 Å². The molecule has 0 unspecified atom stereocenters. The molecule has 0 radical (unpaired) electrons. The fourth-order valence-corrected chi connectivity index (χ4v) is 1.29. The molecule has 0 aliphatic heterocycles. The van der Waals surface area contributed by atoms with Crippen LogP contribution in [0.15, 0.2) is 35.0 Å². The highest BCUT2D eigenvalue weighted by Crippen LogP contribution is 2.23. The number of hydrogen-bond donors (Lipinski definition) is 0. The van der Waals surface area contributed by atoms with E-state index in [2.05, 4.69) is 22.5 Å². The molecule has 0 aliphatic carbocycles. The highest BCUT2D eigenvalue weighted by Gasteiger charge is 2.01. The summed E-state index contributed by atoms with van der Waals surface area (Å²) in [6.07, 6.45) is 0. The van der Waals surface area contributed by atoms with Crippen LogP contribution in [0.25, 0.3) is 0 Å². The average molecular weight is 257 g/mol. The Balaban J connectivity index is 2.66. The fourth-order valence-electron chi connectivity index (χ4n) is 0.947. The smallest absolute Gasteiger partial charge is 0.145 e. The SMILES string of the molecule is C=C(COc1cc(Br)ccc1C)OC. The van der Waals surface area contributed by atoms with Crippen LogP contribution in [0, 0.1) is 6.92 Å². The van der Waals surface area contributed by atoms with E-state index in [4.69, 9.17) is 9.47 Å². The van der Waals surface area contributed by atoms with E-state index in [1.165, 1.54) is 0 Å². The second-order valence-electron chi connectivity index (χ2n) is 2.94. The first-order valence-electron chi connectivity index (χ1n) is 4.24. The van der Waals surface area contributed by atoms with Crippen molar-refractivity contribution >= 4 is 15.9 Å². The Kier molecular flexibility index (Phi) is 4.01. The molecule has 0 fully saturated rings. The predicted molar refractivity (Wildman–Crippen MR) is 60.5 cm³/mol. The van der Waals surface area contributed by atoms with E-state index < -0.39 is 0 Å². The summed E-state index contributed by atoms with van der Waals surface area (Å²) in [6.45, 7) is 6.06. The van der Waals surface area contributed by atoms with Crippen molar-refractivity contribution in [3.8, 4) is 5.75 Å². The summed E-state index contributed by atoms with van der Waals surface area (Å²) in [4.78, 5) is 0. The molecule has 76 valence electrons. The zero-order valence-corrected chi connectivity index (χ0v) is 9.93. The van der Waals surface area contributed by atoms with Gasteiger partial charge in [0.15, 0.2) is 0 Å². The number of benzene rings is 1. The maximum absolute atomic E-state index is 5.52. The van der Waals surface area contributed by atoms with Crippen molar-refractivity contribution in [3.63, 3.8) is 0 Å². The topological polar surface area (TPSA) is 18.5 Å². The molecule has 1 aromatic rings. The van der Waals surface area contributed by atoms with Crippen LogP contribution >= 0.6 is 15.9 Å². The van der Waals surface area contributed by atoms with E-state index in [1.54, 1.807) is 7.11 Å². The molecule has 0 bridgehead atoms. The number of methoxy groups -OCH3 is 1. The van der Waals surface area contributed by atoms with Gasteiger partial charge in [0.05, 0.1) is 7.11 Å². The van der Waals surface area contributed by atoms with Gasteiger partial charge in [-0.1, -0.05) is 28.6 Å². The second kappa shape index (κ2) is 5.05. The summed E-state index contributed by atoms with van der Waals surface area (Å²) in [5.74, 6) is 1.46. The van der Waals surface area contributed by atoms with Gasteiger partial charge >= 0.3 is 0 Å². The zero-order valence-electron chi connectivity index (χ0n) is 8.34. The number of aryl methyl sites for hydroxylation is 1. The molecule has 1 aromatic carbocycles. The van der Waals surface area contributed by atoms with Crippen molar-refractivity contribution < 1.29 is 9.47 Å². The summed E-state index contributed by atoms with van der Waals surface area (Å²) < 4.78 is 11.4. The minimum absolute atomic E-state index is 0.383. The molecular formula is C11H13BrO2. The van der Waals surface area contributed by atoms with Crippen molar-refractivity contribution in [2.75, 3.05) is 13.7 Å². The van der Waals surface area contributed by atoms with E-state index >= 15 is 0 Å². The van der Waals surface area contributed by atoms with Gasteiger partial charge in [-0.3, -0.25) is 0 Å². The third-order valence-corrected chi connectivity index (χ3v) is 2.32. The number of rotatable bonds is 4. The summed E-state index contributed by atoms with van der Waals surface area (Å²) >= 11 is 3.39. The number of hydrogen-bond acceptors (Lipinski definition) is 2. The lowest BCUT2D eigenvalue weighted by atomic mass is 10.2. The predicted octanol–water partition coefficient (Wildman–Crippen LogP) is 3.30. The molecule has 0 amide bonds. The molecule has 0 spiro atoms. The summed E-state index contributed by atoms with van der Waals surface area (Å²) in [7, 11) is 1.58. The lowest BCUT2D eigenvalue weighted by molar-refractivity contribution is 0.220. The lowest BCUT2D eigenvalue weighted by Gasteiger charge is -2.10. The first kappa shape index (κ1) is 11.1. The minimum atomic E-state index is 0.383. The molecular weight excluding hydrogens is 244 g/mol. The molecule has 3 heteroatoms. The van der Waals surface area contributed by atoms with Gasteiger partial charge in [0.2, 0.25) is 0 Å². The highest BCUT2D eigenvalue weighted by molar-refractivity contribution is 9.10. The van der Waals surface area contributed by atoms with Crippen LogP contribution in [0.3, 0.4) is 0 Å². The van der Waals surface area contributed by atoms with E-state index in [0.717, 1.165) is 15.8 Å². The number of ether oxygens (including phenoxy) is 2. The molecule has 0 saturated carbocycles. The van der Waals surface area contributed by atoms with Gasteiger partial charge in [0.25, 0.3) is 0 Å². The van der Waals surface area contributed by atoms with Gasteiger partial charge in [0, 0.05) is 4.47 Å². The Labute approximate surface area is 92.7 Å². The van der Waals surface area contributed by atoms with Gasteiger partial charge in [0.1, 0.15) is 18.1 Å². The molecule has 0 aliphatic rings. The minimum Gasteiger partial charge on any atom is -0.498 e. The van der Waals surface area contributed by atoms with Crippen molar-refractivity contribution in [2.45, 2.75) is 6.92 Å². The van der Waals surface area contributed by atoms with Crippen LogP contribution < -0.4 is 4.74 Å². The largest absolute Gasteiger partial charge is 0.498 e. The van der Waals surface area contributed by atoms with Gasteiger partial charge in [-0.25, -0.2) is 0 Å². The highest BCUT2D eigenvalue weighted by atomic mass is 79.9. The Bertz CT molecular complexity index is 334. The Hall–Kier alpha value is -0.960. The van der Waals surface area contributed by atoms with Crippen LogP contribution in [0.2, 0.25) is 0 Å². The Morgan fingerprint density at radius 2 is 2.21 bits per heavy atom. The maximum atomic E-state index is 5.52. The Morgan fingerprint density at radius 1 is 1.50 bits per heavy atom. The monoisotopic (exact) mass is 256 g/mol. The van der Waals surface area contributed by atoms with Crippen LogP contribution in [0.5, 0.6) is 5.75 Å². The number of halogens is 1. The molecule has 0 saturated heterocycles. The van der Waals surface area contributed by atoms with Gasteiger partial charge < -0.3 is 9.47 Å². The van der Waals surface area contributed by atoms with Crippen LogP contribution in [-0.2, 0) is 4.74 Å². The second-order valence-corrected chi connectivity index (χ2v) is 3.86. The third kappa shape index (κ3) is 3.07. The molecule has 0 heterocycles. The maximum Gasteiger partial charge on any atom is 0.145 e. The van der Waals surface area contributed by atoms with E-state index in [9.17, 15) is 0 Å². The van der Waals surface area contributed by atoms with E-state index in [0.29, 0.717) is 12.4 Å². The normalized spacial score (nSPS) is 9.64. The third-order valence-electron chi connectivity index (χ3n) is 1.83. The van der Waals surface area contributed by atoms with Gasteiger partial charge in [-0.05, 0) is 24.6 Å². The first-order valence-corrected chi connectivity index (χ1v) is 5.03. The Morgan fingerprint density at radius 3 is 2.86 bits per heavy atom. The van der Waals surface area contributed by atoms with Crippen molar-refractivity contribution in [1.29, 1.82) is 0 Å². The van der Waals surface area contributed by atoms with Gasteiger partial charge in [-0.2, -0.15) is 0 Å². The molecule has 1 rings (SSSR count).